The van der Waals surface area contributed by atoms with Gasteiger partial charge in [0.1, 0.15) is 19.0 Å². The van der Waals surface area contributed by atoms with Gasteiger partial charge in [0.25, 0.3) is 0 Å². The number of nitrogens with zero attached hydrogens (tertiary/aromatic N) is 4. The van der Waals surface area contributed by atoms with Gasteiger partial charge in [-0.15, -0.1) is 0 Å². The van der Waals surface area contributed by atoms with Gasteiger partial charge in [-0.1, -0.05) is 0 Å². The molecule has 1 aromatic carbocycles. The quantitative estimate of drug-likeness (QED) is 0.634. The van der Waals surface area contributed by atoms with E-state index in [1.54, 1.807) is 19.5 Å². The number of aryl methyl sites for hydroxylation is 1. The van der Waals surface area contributed by atoms with E-state index in [-0.39, 0.29) is 5.95 Å². The third-order valence-electron chi connectivity index (χ3n) is 6.24. The zero-order valence-electron chi connectivity index (χ0n) is 19.1. The summed E-state index contributed by atoms with van der Waals surface area (Å²) in [5.41, 5.74) is 10.9. The molecule has 0 unspecified atom stereocenters. The lowest BCUT2D eigenvalue weighted by Gasteiger charge is -2.33. The molecule has 2 aliphatic heterocycles. The second-order valence-corrected chi connectivity index (χ2v) is 8.63. The van der Waals surface area contributed by atoms with E-state index >= 15 is 0 Å². The smallest absolute Gasteiger partial charge is 0.219 e. The molecule has 172 valence electrons. The molecule has 0 saturated carbocycles. The normalized spacial score (nSPS) is 18.2. The molecule has 4 heterocycles. The molecule has 33 heavy (non-hydrogen) atoms. The molecule has 3 aromatic rings. The van der Waals surface area contributed by atoms with Crippen molar-refractivity contribution in [3.05, 3.63) is 53.6 Å². The van der Waals surface area contributed by atoms with Gasteiger partial charge in [0.2, 0.25) is 5.95 Å². The van der Waals surface area contributed by atoms with Gasteiger partial charge >= 0.3 is 0 Å². The molecule has 8 heteroatoms. The van der Waals surface area contributed by atoms with Crippen LogP contribution in [0, 0.1) is 6.92 Å². The van der Waals surface area contributed by atoms with Gasteiger partial charge in [0, 0.05) is 60.0 Å². The average molecular weight is 448 g/mol. The van der Waals surface area contributed by atoms with E-state index in [4.69, 9.17) is 24.9 Å². The van der Waals surface area contributed by atoms with Crippen molar-refractivity contribution in [3.8, 4) is 28.4 Å². The zero-order chi connectivity index (χ0) is 22.8. The monoisotopic (exact) mass is 447 g/mol. The highest BCUT2D eigenvalue weighted by molar-refractivity contribution is 5.63. The molecule has 1 fully saturated rings. The fourth-order valence-corrected chi connectivity index (χ4v) is 4.66. The first-order chi connectivity index (χ1) is 16.1. The van der Waals surface area contributed by atoms with Crippen molar-refractivity contribution in [3.63, 3.8) is 0 Å². The Hall–Kier alpha value is -3.39. The highest BCUT2D eigenvalue weighted by Gasteiger charge is 2.25. The Morgan fingerprint density at radius 1 is 1.06 bits per heavy atom. The van der Waals surface area contributed by atoms with Crippen LogP contribution in [0.5, 0.6) is 17.2 Å². The average Bonchev–Trinajstić information content (AvgIpc) is 2.84. The number of anilines is 1. The number of piperidine rings is 1. The van der Waals surface area contributed by atoms with Crippen LogP contribution in [0.4, 0.5) is 5.95 Å². The summed E-state index contributed by atoms with van der Waals surface area (Å²) in [6, 6.07) is 8.23. The Bertz CT molecular complexity index is 1140. The van der Waals surface area contributed by atoms with Gasteiger partial charge in [-0.25, -0.2) is 9.97 Å². The highest BCUT2D eigenvalue weighted by Crippen LogP contribution is 2.38. The maximum Gasteiger partial charge on any atom is 0.219 e. The summed E-state index contributed by atoms with van der Waals surface area (Å²) in [5.74, 6) is 3.01. The van der Waals surface area contributed by atoms with Gasteiger partial charge in [-0.05, 0) is 50.1 Å². The van der Waals surface area contributed by atoms with Crippen molar-refractivity contribution >= 4 is 5.95 Å². The minimum absolute atomic E-state index is 0.280. The van der Waals surface area contributed by atoms with Crippen LogP contribution in [0.1, 0.15) is 35.7 Å². The van der Waals surface area contributed by atoms with Crippen LogP contribution >= 0.6 is 0 Å². The van der Waals surface area contributed by atoms with Crippen molar-refractivity contribution in [1.29, 1.82) is 0 Å². The maximum atomic E-state index is 5.79. The molecule has 2 aliphatic rings. The lowest BCUT2D eigenvalue weighted by molar-refractivity contribution is 0.168. The van der Waals surface area contributed by atoms with Crippen LogP contribution in [0.15, 0.2) is 36.7 Å². The molecule has 5 rings (SSSR count). The predicted octanol–water partition coefficient (Wildman–Crippen LogP) is 3.59. The van der Waals surface area contributed by atoms with E-state index in [0.717, 1.165) is 77.8 Å². The number of pyridine rings is 1. The van der Waals surface area contributed by atoms with E-state index in [0.29, 0.717) is 19.1 Å². The highest BCUT2D eigenvalue weighted by atomic mass is 16.6. The van der Waals surface area contributed by atoms with Gasteiger partial charge in [0.15, 0.2) is 11.5 Å². The SMILES string of the molecule is COc1cc2c(cc1CN1CCC[C@@H](c3cc(-c4cnc(N)nc4)cc(C)n3)C1)OCCO2. The molecule has 1 saturated heterocycles. The fourth-order valence-electron chi connectivity index (χ4n) is 4.66. The molecular formula is C25H29N5O3. The summed E-state index contributed by atoms with van der Waals surface area (Å²) in [6.45, 7) is 5.94. The van der Waals surface area contributed by atoms with Crippen molar-refractivity contribution in [2.24, 2.45) is 0 Å². The predicted molar refractivity (Wildman–Crippen MR) is 126 cm³/mol. The van der Waals surface area contributed by atoms with E-state index in [1.165, 1.54) is 0 Å². The second-order valence-electron chi connectivity index (χ2n) is 8.63. The van der Waals surface area contributed by atoms with Crippen molar-refractivity contribution < 1.29 is 14.2 Å². The lowest BCUT2D eigenvalue weighted by Crippen LogP contribution is -2.34. The summed E-state index contributed by atoms with van der Waals surface area (Å²) < 4.78 is 17.2. The summed E-state index contributed by atoms with van der Waals surface area (Å²) in [7, 11) is 1.70. The number of aromatic nitrogens is 3. The molecule has 2 aromatic heterocycles. The summed E-state index contributed by atoms with van der Waals surface area (Å²) >= 11 is 0. The number of likely N-dealkylation sites (tertiary alicyclic amines) is 1. The Labute approximate surface area is 193 Å². The van der Waals surface area contributed by atoms with E-state index in [1.807, 2.05) is 13.0 Å². The standard InChI is InChI=1S/C25H29N5O3/c1-16-8-18(20-12-27-25(26)28-13-20)9-21(29-16)17-4-3-5-30(14-17)15-19-10-23-24(11-22(19)31-2)33-7-6-32-23/h8-13,17H,3-7,14-15H2,1-2H3,(H2,26,27,28)/t17-/m1/s1. The Balaban J connectivity index is 1.36. The third kappa shape index (κ3) is 4.71. The van der Waals surface area contributed by atoms with E-state index in [2.05, 4.69) is 33.1 Å². The molecule has 1 atom stereocenters. The Morgan fingerprint density at radius 2 is 1.82 bits per heavy atom. The number of ether oxygens (including phenoxy) is 3. The number of benzene rings is 1. The van der Waals surface area contributed by atoms with Crippen molar-refractivity contribution in [2.45, 2.75) is 32.2 Å². The molecule has 0 bridgehead atoms. The minimum atomic E-state index is 0.280. The largest absolute Gasteiger partial charge is 0.496 e. The molecule has 0 aliphatic carbocycles. The van der Waals surface area contributed by atoms with Crippen LogP contribution in [0.3, 0.4) is 0 Å². The third-order valence-corrected chi connectivity index (χ3v) is 6.24. The lowest BCUT2D eigenvalue weighted by atomic mass is 9.92. The topological polar surface area (TPSA) is 95.6 Å². The van der Waals surface area contributed by atoms with Gasteiger partial charge < -0.3 is 19.9 Å². The molecular weight excluding hydrogens is 418 g/mol. The zero-order valence-corrected chi connectivity index (χ0v) is 19.1. The first-order valence-electron chi connectivity index (χ1n) is 11.3. The number of hydrogen-bond acceptors (Lipinski definition) is 8. The summed E-state index contributed by atoms with van der Waals surface area (Å²) in [6.07, 6.45) is 5.76. The fraction of sp³-hybridized carbons (Fsp3) is 0.400. The van der Waals surface area contributed by atoms with Gasteiger partial charge in [0.05, 0.1) is 7.11 Å². The molecule has 0 spiro atoms. The Kier molecular flexibility index (Phi) is 6.00. The molecule has 8 nitrogen and oxygen atoms in total. The van der Waals surface area contributed by atoms with Crippen LogP contribution in [0.2, 0.25) is 0 Å². The number of methoxy groups -OCH3 is 1. The number of fused-ring (bicyclic) bond motifs is 1. The van der Waals surface area contributed by atoms with Crippen LogP contribution in [-0.2, 0) is 6.54 Å². The van der Waals surface area contributed by atoms with Crippen molar-refractivity contribution in [2.75, 3.05) is 39.1 Å². The Morgan fingerprint density at radius 3 is 2.58 bits per heavy atom. The van der Waals surface area contributed by atoms with E-state index < -0.39 is 0 Å². The van der Waals surface area contributed by atoms with Crippen LogP contribution in [-0.4, -0.2) is 53.3 Å². The molecule has 2 N–H and O–H groups in total. The second kappa shape index (κ2) is 9.23. The number of rotatable bonds is 5. The first kappa shape index (κ1) is 21.5. The molecule has 0 amide bonds. The van der Waals surface area contributed by atoms with Crippen LogP contribution in [0.25, 0.3) is 11.1 Å². The number of nitrogen functional groups attached to an aromatic ring is 1. The molecule has 0 radical (unpaired) electrons. The first-order valence-corrected chi connectivity index (χ1v) is 11.3. The summed E-state index contributed by atoms with van der Waals surface area (Å²) in [5, 5.41) is 0. The van der Waals surface area contributed by atoms with Gasteiger partial charge in [-0.2, -0.15) is 0 Å². The number of nitrogens with two attached hydrogens (primary N) is 1. The van der Waals surface area contributed by atoms with Crippen LogP contribution < -0.4 is 19.9 Å². The van der Waals surface area contributed by atoms with E-state index in [9.17, 15) is 0 Å². The maximum absolute atomic E-state index is 5.79. The number of hydrogen-bond donors (Lipinski definition) is 1. The van der Waals surface area contributed by atoms with Crippen molar-refractivity contribution in [1.82, 2.24) is 19.9 Å². The van der Waals surface area contributed by atoms with Gasteiger partial charge in [-0.3, -0.25) is 9.88 Å². The minimum Gasteiger partial charge on any atom is -0.496 e. The summed E-state index contributed by atoms with van der Waals surface area (Å²) in [4.78, 5) is 15.6.